The summed E-state index contributed by atoms with van der Waals surface area (Å²) in [5.41, 5.74) is 2.91. The van der Waals surface area contributed by atoms with Gasteiger partial charge < -0.3 is 4.98 Å². The molecule has 0 radical (unpaired) electrons. The lowest BCUT2D eigenvalue weighted by molar-refractivity contribution is 0.600. The van der Waals surface area contributed by atoms with Gasteiger partial charge >= 0.3 is 0 Å². The van der Waals surface area contributed by atoms with Crippen LogP contribution in [0.5, 0.6) is 0 Å². The summed E-state index contributed by atoms with van der Waals surface area (Å²) in [5, 5.41) is 0. The molecule has 0 unspecified atom stereocenters. The highest BCUT2D eigenvalue weighted by Crippen LogP contribution is 2.19. The Morgan fingerprint density at radius 3 is 2.67 bits per heavy atom. The summed E-state index contributed by atoms with van der Waals surface area (Å²) in [6.07, 6.45) is 0. The summed E-state index contributed by atoms with van der Waals surface area (Å²) in [5.74, 6) is 0.753. The molecule has 0 saturated heterocycles. The van der Waals surface area contributed by atoms with Gasteiger partial charge in [0.05, 0.1) is 22.5 Å². The smallest absolute Gasteiger partial charge is 0.236 e. The van der Waals surface area contributed by atoms with E-state index >= 15 is 0 Å². The van der Waals surface area contributed by atoms with E-state index < -0.39 is 10.0 Å². The van der Waals surface area contributed by atoms with Gasteiger partial charge in [-0.15, -0.1) is 0 Å². The summed E-state index contributed by atoms with van der Waals surface area (Å²) >= 11 is 0. The topological polar surface area (TPSA) is 74.8 Å². The van der Waals surface area contributed by atoms with Crippen LogP contribution in [0.2, 0.25) is 0 Å². The van der Waals surface area contributed by atoms with Crippen LogP contribution in [0.4, 0.5) is 5.69 Å². The zero-order valence-corrected chi connectivity index (χ0v) is 12.3. The van der Waals surface area contributed by atoms with E-state index in [1.54, 1.807) is 30.3 Å². The highest BCUT2D eigenvalue weighted by Gasteiger charge is 2.12. The molecule has 2 N–H and O–H groups in total. The van der Waals surface area contributed by atoms with E-state index in [2.05, 4.69) is 14.7 Å². The minimum atomic E-state index is -3.43. The van der Waals surface area contributed by atoms with Crippen molar-refractivity contribution in [3.8, 4) is 0 Å². The van der Waals surface area contributed by atoms with E-state index in [9.17, 15) is 8.42 Å². The average molecular weight is 301 g/mol. The first-order valence-electron chi connectivity index (χ1n) is 6.53. The molecule has 0 saturated carbocycles. The van der Waals surface area contributed by atoms with E-state index in [0.717, 1.165) is 22.4 Å². The first-order valence-corrected chi connectivity index (χ1v) is 8.18. The fourth-order valence-electron chi connectivity index (χ4n) is 2.21. The zero-order chi connectivity index (χ0) is 14.9. The van der Waals surface area contributed by atoms with Crippen molar-refractivity contribution in [1.29, 1.82) is 0 Å². The number of sulfonamides is 1. The highest BCUT2D eigenvalue weighted by atomic mass is 32.2. The molecule has 6 heteroatoms. The van der Waals surface area contributed by atoms with E-state index in [1.807, 2.05) is 25.1 Å². The van der Waals surface area contributed by atoms with Crippen molar-refractivity contribution in [2.45, 2.75) is 12.7 Å². The Hall–Kier alpha value is -2.34. The van der Waals surface area contributed by atoms with Crippen molar-refractivity contribution < 1.29 is 8.42 Å². The molecule has 0 amide bonds. The normalized spacial score (nSPS) is 11.7. The van der Waals surface area contributed by atoms with Crippen LogP contribution in [0.1, 0.15) is 11.4 Å². The van der Waals surface area contributed by atoms with Crippen LogP contribution in [0.15, 0.2) is 48.5 Å². The van der Waals surface area contributed by atoms with Crippen molar-refractivity contribution in [2.75, 3.05) is 4.72 Å². The standard InChI is InChI=1S/C15H15N3O2S/c1-11-16-14-8-7-13(9-15(14)17-11)18-21(19,20)10-12-5-3-2-4-6-12/h2-9,18H,10H2,1H3,(H,16,17). The fourth-order valence-corrected chi connectivity index (χ4v) is 3.40. The molecule has 21 heavy (non-hydrogen) atoms. The second-order valence-electron chi connectivity index (χ2n) is 4.90. The van der Waals surface area contributed by atoms with Crippen molar-refractivity contribution >= 4 is 26.7 Å². The van der Waals surface area contributed by atoms with E-state index in [1.165, 1.54) is 0 Å². The number of benzene rings is 2. The van der Waals surface area contributed by atoms with Gasteiger partial charge in [0.25, 0.3) is 0 Å². The minimum absolute atomic E-state index is 0.0477. The molecule has 0 aliphatic carbocycles. The monoisotopic (exact) mass is 301 g/mol. The molecule has 108 valence electrons. The molecular formula is C15H15N3O2S. The summed E-state index contributed by atoms with van der Waals surface area (Å²) in [7, 11) is -3.43. The number of nitrogens with zero attached hydrogens (tertiary/aromatic N) is 1. The second kappa shape index (κ2) is 5.21. The number of fused-ring (bicyclic) bond motifs is 1. The van der Waals surface area contributed by atoms with E-state index in [4.69, 9.17) is 0 Å². The Kier molecular flexibility index (Phi) is 3.39. The molecule has 3 rings (SSSR count). The lowest BCUT2D eigenvalue weighted by Gasteiger charge is -2.08. The van der Waals surface area contributed by atoms with Gasteiger partial charge in [0.15, 0.2) is 0 Å². The molecule has 0 atom stereocenters. The van der Waals surface area contributed by atoms with Gasteiger partial charge in [-0.1, -0.05) is 30.3 Å². The number of aromatic amines is 1. The predicted octanol–water partition coefficient (Wildman–Crippen LogP) is 2.81. The molecule has 0 aliphatic heterocycles. The molecule has 3 aromatic rings. The van der Waals surface area contributed by atoms with E-state index in [-0.39, 0.29) is 5.75 Å². The summed E-state index contributed by atoms with van der Waals surface area (Å²) in [6.45, 7) is 1.86. The van der Waals surface area contributed by atoms with Crippen LogP contribution >= 0.6 is 0 Å². The zero-order valence-electron chi connectivity index (χ0n) is 11.5. The Bertz CT molecular complexity index is 870. The third kappa shape index (κ3) is 3.22. The third-order valence-corrected chi connectivity index (χ3v) is 4.33. The number of hydrogen-bond acceptors (Lipinski definition) is 3. The maximum atomic E-state index is 12.2. The molecule has 0 aliphatic rings. The SMILES string of the molecule is Cc1nc2ccc(NS(=O)(=O)Cc3ccccc3)cc2[nH]1. The van der Waals surface area contributed by atoms with Gasteiger partial charge in [-0.05, 0) is 30.7 Å². The van der Waals surface area contributed by atoms with Crippen molar-refractivity contribution in [1.82, 2.24) is 9.97 Å². The maximum absolute atomic E-state index is 12.2. The quantitative estimate of drug-likeness (QED) is 0.778. The number of anilines is 1. The van der Waals surface area contributed by atoms with Crippen LogP contribution < -0.4 is 4.72 Å². The summed E-state index contributed by atoms with van der Waals surface area (Å²) < 4.78 is 26.9. The Morgan fingerprint density at radius 2 is 1.90 bits per heavy atom. The third-order valence-electron chi connectivity index (χ3n) is 3.07. The first-order chi connectivity index (χ1) is 10.0. The first kappa shape index (κ1) is 13.6. The lowest BCUT2D eigenvalue weighted by Crippen LogP contribution is -2.14. The van der Waals surface area contributed by atoms with Crippen LogP contribution in [-0.4, -0.2) is 18.4 Å². The number of hydrogen-bond donors (Lipinski definition) is 2. The van der Waals surface area contributed by atoms with Crippen LogP contribution in [0.3, 0.4) is 0 Å². The Labute approximate surface area is 123 Å². The van der Waals surface area contributed by atoms with Gasteiger partial charge in [-0.3, -0.25) is 4.72 Å². The number of nitrogens with one attached hydrogen (secondary N) is 2. The summed E-state index contributed by atoms with van der Waals surface area (Å²) in [4.78, 5) is 7.37. The Morgan fingerprint density at radius 1 is 1.14 bits per heavy atom. The summed E-state index contributed by atoms with van der Waals surface area (Å²) in [6, 6.07) is 14.3. The second-order valence-corrected chi connectivity index (χ2v) is 6.62. The highest BCUT2D eigenvalue weighted by molar-refractivity contribution is 7.91. The number of aryl methyl sites for hydroxylation is 1. The maximum Gasteiger partial charge on any atom is 0.236 e. The van der Waals surface area contributed by atoms with Crippen LogP contribution in [-0.2, 0) is 15.8 Å². The molecule has 1 heterocycles. The predicted molar refractivity (Wildman–Crippen MR) is 83.5 cm³/mol. The van der Waals surface area contributed by atoms with Crippen molar-refractivity contribution in [3.63, 3.8) is 0 Å². The molecule has 0 fully saturated rings. The minimum Gasteiger partial charge on any atom is -0.342 e. The van der Waals surface area contributed by atoms with Gasteiger partial charge in [-0.25, -0.2) is 13.4 Å². The number of aromatic nitrogens is 2. The van der Waals surface area contributed by atoms with Gasteiger partial charge in [0, 0.05) is 0 Å². The number of H-pyrrole nitrogens is 1. The number of rotatable bonds is 4. The number of imidazole rings is 1. The average Bonchev–Trinajstić information content (AvgIpc) is 2.78. The molecule has 0 bridgehead atoms. The molecular weight excluding hydrogens is 286 g/mol. The van der Waals surface area contributed by atoms with E-state index in [0.29, 0.717) is 5.69 Å². The molecule has 5 nitrogen and oxygen atoms in total. The van der Waals surface area contributed by atoms with Crippen molar-refractivity contribution in [3.05, 3.63) is 59.9 Å². The molecule has 2 aromatic carbocycles. The Balaban J connectivity index is 1.83. The largest absolute Gasteiger partial charge is 0.342 e. The van der Waals surface area contributed by atoms with Crippen molar-refractivity contribution in [2.24, 2.45) is 0 Å². The molecule has 1 aromatic heterocycles. The van der Waals surface area contributed by atoms with Gasteiger partial charge in [0.1, 0.15) is 5.82 Å². The van der Waals surface area contributed by atoms with Gasteiger partial charge in [0.2, 0.25) is 10.0 Å². The van der Waals surface area contributed by atoms with Crippen LogP contribution in [0.25, 0.3) is 11.0 Å². The fraction of sp³-hybridized carbons (Fsp3) is 0.133. The van der Waals surface area contributed by atoms with Crippen LogP contribution in [0, 0.1) is 6.92 Å². The molecule has 0 spiro atoms. The lowest BCUT2D eigenvalue weighted by atomic mass is 10.2. The van der Waals surface area contributed by atoms with Gasteiger partial charge in [-0.2, -0.15) is 0 Å².